The van der Waals surface area contributed by atoms with E-state index in [1.165, 1.54) is 0 Å². The minimum Gasteiger partial charge on any atom is -0.351 e. The van der Waals surface area contributed by atoms with Crippen molar-refractivity contribution < 1.29 is 9.59 Å². The van der Waals surface area contributed by atoms with E-state index < -0.39 is 6.03 Å². The second-order valence-electron chi connectivity index (χ2n) is 4.09. The zero-order valence-corrected chi connectivity index (χ0v) is 11.2. The van der Waals surface area contributed by atoms with Crippen LogP contribution in [0.25, 0.3) is 0 Å². The lowest BCUT2D eigenvalue weighted by Gasteiger charge is -2.27. The molecule has 18 heavy (non-hydrogen) atoms. The molecule has 96 valence electrons. The fourth-order valence-electron chi connectivity index (χ4n) is 1.97. The van der Waals surface area contributed by atoms with Gasteiger partial charge in [0.1, 0.15) is 0 Å². The monoisotopic (exact) mass is 312 g/mol. The highest BCUT2D eigenvalue weighted by molar-refractivity contribution is 9.10. The van der Waals surface area contributed by atoms with Crippen molar-refractivity contribution in [3.63, 3.8) is 0 Å². The Morgan fingerprint density at radius 1 is 1.56 bits per heavy atom. The summed E-state index contributed by atoms with van der Waals surface area (Å²) in [7, 11) is 0. The molecule has 2 rings (SSSR count). The number of hydrogen-bond acceptors (Lipinski definition) is 4. The number of pyridine rings is 1. The number of fused-ring (bicyclic) bond motifs is 1. The first-order chi connectivity index (χ1) is 8.56. The molecule has 3 N–H and O–H groups in total. The minimum absolute atomic E-state index is 0.156. The van der Waals surface area contributed by atoms with Crippen LogP contribution in [0.4, 0.5) is 4.79 Å². The SMILES string of the molecule is NC(=O)NC(=O)CN1CCc2nccc(Br)c2C1. The summed E-state index contributed by atoms with van der Waals surface area (Å²) in [6.45, 7) is 1.53. The zero-order valence-electron chi connectivity index (χ0n) is 9.65. The smallest absolute Gasteiger partial charge is 0.318 e. The molecule has 0 radical (unpaired) electrons. The van der Waals surface area contributed by atoms with Gasteiger partial charge >= 0.3 is 6.03 Å². The molecule has 1 aromatic heterocycles. The number of nitrogens with two attached hydrogens (primary N) is 1. The Kier molecular flexibility index (Phi) is 3.93. The van der Waals surface area contributed by atoms with Crippen molar-refractivity contribution in [3.8, 4) is 0 Å². The molecule has 3 amide bonds. The van der Waals surface area contributed by atoms with Crippen LogP contribution in [0.5, 0.6) is 0 Å². The van der Waals surface area contributed by atoms with Gasteiger partial charge in [0.05, 0.1) is 6.54 Å². The van der Waals surface area contributed by atoms with Gasteiger partial charge in [-0.1, -0.05) is 15.9 Å². The van der Waals surface area contributed by atoms with Crippen LogP contribution >= 0.6 is 15.9 Å². The van der Waals surface area contributed by atoms with E-state index in [2.05, 4.69) is 26.2 Å². The highest BCUT2D eigenvalue weighted by Gasteiger charge is 2.21. The first kappa shape index (κ1) is 13.0. The number of nitrogens with zero attached hydrogens (tertiary/aromatic N) is 2. The van der Waals surface area contributed by atoms with Crippen LogP contribution < -0.4 is 11.1 Å². The van der Waals surface area contributed by atoms with E-state index in [0.717, 1.165) is 28.7 Å². The lowest BCUT2D eigenvalue weighted by atomic mass is 10.1. The Balaban J connectivity index is 2.01. The van der Waals surface area contributed by atoms with E-state index in [1.807, 2.05) is 11.0 Å². The van der Waals surface area contributed by atoms with E-state index in [-0.39, 0.29) is 12.5 Å². The lowest BCUT2D eigenvalue weighted by molar-refractivity contribution is -0.121. The van der Waals surface area contributed by atoms with E-state index in [0.29, 0.717) is 6.54 Å². The van der Waals surface area contributed by atoms with Crippen LogP contribution in [0.15, 0.2) is 16.7 Å². The van der Waals surface area contributed by atoms with Crippen molar-refractivity contribution in [2.24, 2.45) is 5.73 Å². The van der Waals surface area contributed by atoms with Gasteiger partial charge in [-0.15, -0.1) is 0 Å². The van der Waals surface area contributed by atoms with Gasteiger partial charge in [0.25, 0.3) is 0 Å². The summed E-state index contributed by atoms with van der Waals surface area (Å²) in [4.78, 5) is 28.3. The highest BCUT2D eigenvalue weighted by atomic mass is 79.9. The van der Waals surface area contributed by atoms with E-state index >= 15 is 0 Å². The summed E-state index contributed by atoms with van der Waals surface area (Å²) in [5, 5.41) is 2.06. The normalized spacial score (nSPS) is 14.9. The molecule has 1 aliphatic rings. The van der Waals surface area contributed by atoms with Gasteiger partial charge in [0.2, 0.25) is 5.91 Å². The predicted octanol–water partition coefficient (Wildman–Crippen LogP) is 0.397. The van der Waals surface area contributed by atoms with Gasteiger partial charge in [-0.05, 0) is 6.07 Å². The fraction of sp³-hybridized carbons (Fsp3) is 0.364. The minimum atomic E-state index is -0.819. The van der Waals surface area contributed by atoms with E-state index in [9.17, 15) is 9.59 Å². The van der Waals surface area contributed by atoms with Crippen LogP contribution in [-0.2, 0) is 17.8 Å². The summed E-state index contributed by atoms with van der Waals surface area (Å²) in [6, 6.07) is 1.06. The number of urea groups is 1. The average Bonchev–Trinajstić information content (AvgIpc) is 2.29. The number of carbonyl (C=O) groups excluding carboxylic acids is 2. The maximum absolute atomic E-state index is 11.4. The number of carbonyl (C=O) groups is 2. The number of primary amides is 1. The summed E-state index contributed by atoms with van der Waals surface area (Å²) in [5.41, 5.74) is 7.04. The molecule has 0 saturated carbocycles. The molecule has 1 aliphatic heterocycles. The molecule has 7 heteroatoms. The average molecular weight is 313 g/mol. The molecule has 0 fully saturated rings. The van der Waals surface area contributed by atoms with E-state index in [1.54, 1.807) is 6.20 Å². The fourth-order valence-corrected chi connectivity index (χ4v) is 2.45. The predicted molar refractivity (Wildman–Crippen MR) is 68.6 cm³/mol. The maximum atomic E-state index is 11.4. The van der Waals surface area contributed by atoms with Crippen molar-refractivity contribution in [3.05, 3.63) is 28.0 Å². The number of nitrogens with one attached hydrogen (secondary N) is 1. The molecule has 0 spiro atoms. The Labute approximate surface area is 113 Å². The van der Waals surface area contributed by atoms with Crippen molar-refractivity contribution >= 4 is 27.9 Å². The van der Waals surface area contributed by atoms with Crippen LogP contribution in [0.2, 0.25) is 0 Å². The molecule has 1 aromatic rings. The van der Waals surface area contributed by atoms with Crippen molar-refractivity contribution in [2.45, 2.75) is 13.0 Å². The molecular formula is C11H13BrN4O2. The van der Waals surface area contributed by atoms with Crippen LogP contribution in [-0.4, -0.2) is 34.9 Å². The number of hydrogen-bond donors (Lipinski definition) is 2. The van der Waals surface area contributed by atoms with Crippen LogP contribution in [0.1, 0.15) is 11.3 Å². The van der Waals surface area contributed by atoms with Gasteiger partial charge in [-0.2, -0.15) is 0 Å². The number of halogens is 1. The topological polar surface area (TPSA) is 88.3 Å². The van der Waals surface area contributed by atoms with Gasteiger partial charge in [-0.25, -0.2) is 4.79 Å². The molecule has 0 bridgehead atoms. The molecule has 2 heterocycles. The lowest BCUT2D eigenvalue weighted by Crippen LogP contribution is -2.43. The summed E-state index contributed by atoms with van der Waals surface area (Å²) >= 11 is 3.47. The Morgan fingerprint density at radius 2 is 2.33 bits per heavy atom. The number of amides is 3. The summed E-state index contributed by atoms with van der Waals surface area (Å²) < 4.78 is 0.993. The van der Waals surface area contributed by atoms with E-state index in [4.69, 9.17) is 5.73 Å². The maximum Gasteiger partial charge on any atom is 0.318 e. The van der Waals surface area contributed by atoms with Gasteiger partial charge in [0.15, 0.2) is 0 Å². The molecule has 0 saturated heterocycles. The molecular weight excluding hydrogens is 300 g/mol. The molecule has 0 aliphatic carbocycles. The van der Waals surface area contributed by atoms with Gasteiger partial charge in [-0.3, -0.25) is 20.0 Å². The largest absolute Gasteiger partial charge is 0.351 e. The van der Waals surface area contributed by atoms with Gasteiger partial charge < -0.3 is 5.73 Å². The van der Waals surface area contributed by atoms with Crippen LogP contribution in [0.3, 0.4) is 0 Å². The van der Waals surface area contributed by atoms with Crippen molar-refractivity contribution in [1.29, 1.82) is 0 Å². The first-order valence-corrected chi connectivity index (χ1v) is 6.29. The third-order valence-electron chi connectivity index (χ3n) is 2.76. The number of imide groups is 1. The summed E-state index contributed by atoms with van der Waals surface area (Å²) in [5.74, 6) is -0.383. The summed E-state index contributed by atoms with van der Waals surface area (Å²) in [6.07, 6.45) is 2.55. The Hall–Kier alpha value is -1.47. The molecule has 6 nitrogen and oxygen atoms in total. The number of aromatic nitrogens is 1. The quantitative estimate of drug-likeness (QED) is 0.827. The third-order valence-corrected chi connectivity index (χ3v) is 3.51. The molecule has 0 unspecified atom stereocenters. The first-order valence-electron chi connectivity index (χ1n) is 5.50. The second-order valence-corrected chi connectivity index (χ2v) is 4.95. The Bertz CT molecular complexity index is 492. The standard InChI is InChI=1S/C11H13BrN4O2/c12-8-1-3-14-9-2-4-16(5-7(8)9)6-10(17)15-11(13)18/h1,3H,2,4-6H2,(H3,13,15,17,18). The van der Waals surface area contributed by atoms with Gasteiger partial charge in [0, 0.05) is 41.4 Å². The van der Waals surface area contributed by atoms with Crippen molar-refractivity contribution in [1.82, 2.24) is 15.2 Å². The number of rotatable bonds is 2. The molecule has 0 aromatic carbocycles. The highest BCUT2D eigenvalue weighted by Crippen LogP contribution is 2.24. The third kappa shape index (κ3) is 3.05. The van der Waals surface area contributed by atoms with Crippen LogP contribution in [0, 0.1) is 0 Å². The zero-order chi connectivity index (χ0) is 13.1. The molecule has 0 atom stereocenters. The van der Waals surface area contributed by atoms with Crippen molar-refractivity contribution in [2.75, 3.05) is 13.1 Å². The second kappa shape index (κ2) is 5.45. The Morgan fingerprint density at radius 3 is 3.06 bits per heavy atom.